The van der Waals surface area contributed by atoms with Crippen molar-refractivity contribution in [2.24, 2.45) is 16.8 Å². The number of hydrogen-bond acceptors (Lipinski definition) is 3. The summed E-state index contributed by atoms with van der Waals surface area (Å²) >= 11 is 0. The second-order valence-corrected chi connectivity index (χ2v) is 7.35. The summed E-state index contributed by atoms with van der Waals surface area (Å²) in [6.07, 6.45) is 11.1. The van der Waals surface area contributed by atoms with Crippen LogP contribution in [0.1, 0.15) is 38.2 Å². The van der Waals surface area contributed by atoms with E-state index < -0.39 is 0 Å². The van der Waals surface area contributed by atoms with Crippen LogP contribution in [0, 0.1) is 11.8 Å². The Morgan fingerprint density at radius 2 is 2.00 bits per heavy atom. The van der Waals surface area contributed by atoms with Gasteiger partial charge in [0.2, 0.25) is 0 Å². The molecule has 0 bridgehead atoms. The molecule has 6 nitrogen and oxygen atoms in total. The minimum Gasteiger partial charge on any atom is -0.357 e. The van der Waals surface area contributed by atoms with E-state index in [0.717, 1.165) is 48.8 Å². The van der Waals surface area contributed by atoms with E-state index in [1.165, 1.54) is 25.7 Å². The summed E-state index contributed by atoms with van der Waals surface area (Å²) in [6.45, 7) is 6.02. The van der Waals surface area contributed by atoms with Crippen molar-refractivity contribution < 1.29 is 0 Å². The normalized spacial score (nSPS) is 22.3. The van der Waals surface area contributed by atoms with Gasteiger partial charge in [-0.05, 0) is 55.4 Å². The summed E-state index contributed by atoms with van der Waals surface area (Å²) in [5.41, 5.74) is 1.15. The molecule has 1 saturated carbocycles. The predicted octanol–water partition coefficient (Wildman–Crippen LogP) is 3.47. The van der Waals surface area contributed by atoms with Crippen LogP contribution < -0.4 is 5.32 Å². The lowest BCUT2D eigenvalue weighted by Gasteiger charge is -2.22. The standard InChI is InChI=1S/C20H28N6.HI/c1-2-21-20(25-14-17-6-3-4-7-18(17)15-25)23-13-16-8-10-22-19(12-16)26-11-5-9-24-26;/h5,8-12,17-18H,2-4,6-7,13-15H2,1H3,(H,21,23);1H. The molecule has 2 unspecified atom stereocenters. The van der Waals surface area contributed by atoms with Gasteiger partial charge in [0.05, 0.1) is 6.54 Å². The van der Waals surface area contributed by atoms with Gasteiger partial charge in [0.15, 0.2) is 11.8 Å². The Morgan fingerprint density at radius 1 is 1.22 bits per heavy atom. The summed E-state index contributed by atoms with van der Waals surface area (Å²) in [6, 6.07) is 6.00. The van der Waals surface area contributed by atoms with Crippen molar-refractivity contribution in [3.05, 3.63) is 42.4 Å². The Hall–Kier alpha value is -1.64. The molecule has 2 aliphatic rings. The van der Waals surface area contributed by atoms with E-state index in [1.54, 1.807) is 10.9 Å². The molecule has 3 heterocycles. The number of fused-ring (bicyclic) bond motifs is 1. The van der Waals surface area contributed by atoms with Gasteiger partial charge in [-0.2, -0.15) is 5.10 Å². The lowest BCUT2D eigenvalue weighted by atomic mass is 9.82. The average Bonchev–Trinajstić information content (AvgIpc) is 3.34. The van der Waals surface area contributed by atoms with Gasteiger partial charge in [-0.1, -0.05) is 12.8 Å². The van der Waals surface area contributed by atoms with Crippen molar-refractivity contribution in [2.75, 3.05) is 19.6 Å². The van der Waals surface area contributed by atoms with Crippen molar-refractivity contribution in [2.45, 2.75) is 39.2 Å². The lowest BCUT2D eigenvalue weighted by Crippen LogP contribution is -2.40. The Bertz CT molecular complexity index is 731. The number of rotatable bonds is 4. The molecule has 0 spiro atoms. The van der Waals surface area contributed by atoms with Crippen molar-refractivity contribution in [1.82, 2.24) is 25.0 Å². The molecule has 146 valence electrons. The molecule has 1 aliphatic heterocycles. The number of halogens is 1. The Kier molecular flexibility index (Phi) is 7.09. The van der Waals surface area contributed by atoms with Gasteiger partial charge in [0, 0.05) is 38.2 Å². The number of nitrogens with one attached hydrogen (secondary N) is 1. The zero-order valence-corrected chi connectivity index (χ0v) is 18.3. The molecule has 2 atom stereocenters. The van der Waals surface area contributed by atoms with Crippen molar-refractivity contribution in [1.29, 1.82) is 0 Å². The second kappa shape index (κ2) is 9.52. The summed E-state index contributed by atoms with van der Waals surface area (Å²) in [5.74, 6) is 3.61. The first-order valence-corrected chi connectivity index (χ1v) is 9.81. The molecule has 7 heteroatoms. The number of pyridine rings is 1. The van der Waals surface area contributed by atoms with E-state index in [1.807, 2.05) is 24.5 Å². The third kappa shape index (κ3) is 4.80. The van der Waals surface area contributed by atoms with Gasteiger partial charge in [0.25, 0.3) is 0 Å². The SMILES string of the molecule is CCNC(=NCc1ccnc(-n2cccn2)c1)N1CC2CCCCC2C1.I. The highest BCUT2D eigenvalue weighted by Crippen LogP contribution is 2.35. The van der Waals surface area contributed by atoms with E-state index in [2.05, 4.69) is 33.3 Å². The van der Waals surface area contributed by atoms with Crippen LogP contribution in [0.15, 0.2) is 41.8 Å². The molecule has 1 saturated heterocycles. The Balaban J connectivity index is 0.00000210. The fourth-order valence-electron chi connectivity index (χ4n) is 4.26. The number of hydrogen-bond donors (Lipinski definition) is 1. The van der Waals surface area contributed by atoms with Crippen molar-refractivity contribution in [3.63, 3.8) is 0 Å². The fourth-order valence-corrected chi connectivity index (χ4v) is 4.26. The number of guanidine groups is 1. The topological polar surface area (TPSA) is 58.3 Å². The van der Waals surface area contributed by atoms with Crippen LogP contribution in [0.3, 0.4) is 0 Å². The predicted molar refractivity (Wildman–Crippen MR) is 119 cm³/mol. The van der Waals surface area contributed by atoms with E-state index >= 15 is 0 Å². The fraction of sp³-hybridized carbons (Fsp3) is 0.550. The van der Waals surface area contributed by atoms with E-state index in [4.69, 9.17) is 4.99 Å². The minimum atomic E-state index is 0. The van der Waals surface area contributed by atoms with E-state index in [9.17, 15) is 0 Å². The molecular weight excluding hydrogens is 451 g/mol. The number of aliphatic imine (C=N–C) groups is 1. The second-order valence-electron chi connectivity index (χ2n) is 7.35. The summed E-state index contributed by atoms with van der Waals surface area (Å²) in [5, 5.41) is 7.74. The highest BCUT2D eigenvalue weighted by Gasteiger charge is 2.35. The van der Waals surface area contributed by atoms with Crippen LogP contribution in [0.25, 0.3) is 5.82 Å². The Morgan fingerprint density at radius 3 is 2.67 bits per heavy atom. The number of aromatic nitrogens is 3. The molecule has 4 rings (SSSR count). The lowest BCUT2D eigenvalue weighted by molar-refractivity contribution is 0.299. The molecular formula is C20H29IN6. The van der Waals surface area contributed by atoms with Crippen molar-refractivity contribution >= 4 is 29.9 Å². The molecule has 1 aliphatic carbocycles. The molecule has 27 heavy (non-hydrogen) atoms. The maximum absolute atomic E-state index is 4.92. The summed E-state index contributed by atoms with van der Waals surface area (Å²) < 4.78 is 1.78. The van der Waals surface area contributed by atoms with Crippen LogP contribution >= 0.6 is 24.0 Å². The first kappa shape index (κ1) is 20.1. The van der Waals surface area contributed by atoms with Crippen LogP contribution in [0.2, 0.25) is 0 Å². The summed E-state index contributed by atoms with van der Waals surface area (Å²) in [7, 11) is 0. The monoisotopic (exact) mass is 480 g/mol. The van der Waals surface area contributed by atoms with Gasteiger partial charge >= 0.3 is 0 Å². The molecule has 2 aromatic heterocycles. The number of nitrogens with zero attached hydrogens (tertiary/aromatic N) is 5. The van der Waals surface area contributed by atoms with Crippen LogP contribution in [0.4, 0.5) is 0 Å². The highest BCUT2D eigenvalue weighted by atomic mass is 127. The van der Waals surface area contributed by atoms with Gasteiger partial charge in [0.1, 0.15) is 0 Å². The number of likely N-dealkylation sites (tertiary alicyclic amines) is 1. The quantitative estimate of drug-likeness (QED) is 0.414. The molecule has 2 aromatic rings. The van der Waals surface area contributed by atoms with Gasteiger partial charge < -0.3 is 10.2 Å². The van der Waals surface area contributed by atoms with Crippen LogP contribution in [-0.2, 0) is 6.54 Å². The van der Waals surface area contributed by atoms with Crippen molar-refractivity contribution in [3.8, 4) is 5.82 Å². The van der Waals surface area contributed by atoms with Gasteiger partial charge in [-0.25, -0.2) is 14.7 Å². The molecule has 1 N–H and O–H groups in total. The van der Waals surface area contributed by atoms with Gasteiger partial charge in [-0.3, -0.25) is 0 Å². The third-order valence-electron chi connectivity index (χ3n) is 5.57. The van der Waals surface area contributed by atoms with E-state index in [-0.39, 0.29) is 24.0 Å². The van der Waals surface area contributed by atoms with E-state index in [0.29, 0.717) is 6.54 Å². The first-order chi connectivity index (χ1) is 12.8. The minimum absolute atomic E-state index is 0. The highest BCUT2D eigenvalue weighted by molar-refractivity contribution is 14.0. The molecule has 0 aromatic carbocycles. The zero-order chi connectivity index (χ0) is 17.8. The molecule has 0 radical (unpaired) electrons. The first-order valence-electron chi connectivity index (χ1n) is 9.81. The zero-order valence-electron chi connectivity index (χ0n) is 15.9. The maximum Gasteiger partial charge on any atom is 0.194 e. The average molecular weight is 480 g/mol. The van der Waals surface area contributed by atoms with Crippen LogP contribution in [0.5, 0.6) is 0 Å². The van der Waals surface area contributed by atoms with Gasteiger partial charge in [-0.15, -0.1) is 24.0 Å². The largest absolute Gasteiger partial charge is 0.357 e. The molecule has 0 amide bonds. The molecule has 2 fully saturated rings. The summed E-state index contributed by atoms with van der Waals surface area (Å²) in [4.78, 5) is 11.8. The smallest absolute Gasteiger partial charge is 0.194 e. The van der Waals surface area contributed by atoms with Crippen LogP contribution in [-0.4, -0.2) is 45.3 Å². The Labute approximate surface area is 178 Å². The third-order valence-corrected chi connectivity index (χ3v) is 5.57. The maximum atomic E-state index is 4.92.